The van der Waals surface area contributed by atoms with Gasteiger partial charge in [0.15, 0.2) is 4.80 Å². The molecule has 0 fully saturated rings. The van der Waals surface area contributed by atoms with E-state index >= 15 is 0 Å². The summed E-state index contributed by atoms with van der Waals surface area (Å²) in [6.07, 6.45) is 1.71. The van der Waals surface area contributed by atoms with E-state index in [4.69, 9.17) is 26.1 Å². The van der Waals surface area contributed by atoms with Crippen molar-refractivity contribution in [3.8, 4) is 11.5 Å². The van der Waals surface area contributed by atoms with Crippen molar-refractivity contribution < 1.29 is 14.3 Å². The minimum Gasteiger partial charge on any atom is -0.494 e. The average Bonchev–Trinajstić information content (AvgIpc) is 3.24. The monoisotopic (exact) mass is 587 g/mol. The molecule has 2 heterocycles. The van der Waals surface area contributed by atoms with Gasteiger partial charge in [-0.15, -0.1) is 0 Å². The van der Waals surface area contributed by atoms with Crippen LogP contribution in [0.5, 0.6) is 11.5 Å². The van der Waals surface area contributed by atoms with Crippen molar-refractivity contribution in [3.05, 3.63) is 120 Å². The van der Waals surface area contributed by atoms with Crippen LogP contribution in [0.3, 0.4) is 0 Å². The number of hydrogen-bond acceptors (Lipinski definition) is 6. The summed E-state index contributed by atoms with van der Waals surface area (Å²) in [7, 11) is 0. The standard InChI is InChI=1S/C32H30ClN3O4S/c1-5-39-25-14-11-21(12-15-25)29-28(30(37)35-24-9-7-6-8-10-24)20(4)34-32-36(29)31(38)27(41-32)18-22-17-23(33)13-16-26(22)40-19(2)3/h6-19,29H,5H2,1-4H3,(H,35,37)/b27-18-/t29-/m0/s1. The minimum absolute atomic E-state index is 0.0578. The molecule has 1 aliphatic heterocycles. The van der Waals surface area contributed by atoms with Crippen molar-refractivity contribution in [1.29, 1.82) is 0 Å². The Balaban J connectivity index is 1.67. The number of anilines is 1. The number of aromatic nitrogens is 1. The number of carbonyl (C=O) groups is 1. The molecular weight excluding hydrogens is 558 g/mol. The summed E-state index contributed by atoms with van der Waals surface area (Å²) in [5.74, 6) is 1.00. The second-order valence-electron chi connectivity index (χ2n) is 9.75. The van der Waals surface area contributed by atoms with Crippen molar-refractivity contribution in [2.75, 3.05) is 11.9 Å². The molecule has 3 aromatic carbocycles. The Bertz CT molecular complexity index is 1790. The number of amides is 1. The summed E-state index contributed by atoms with van der Waals surface area (Å²) in [6, 6.07) is 21.3. The van der Waals surface area contributed by atoms with Gasteiger partial charge in [-0.25, -0.2) is 4.99 Å². The summed E-state index contributed by atoms with van der Waals surface area (Å²) in [4.78, 5) is 33.0. The fourth-order valence-electron chi connectivity index (χ4n) is 4.69. The second kappa shape index (κ2) is 12.2. The fourth-order valence-corrected chi connectivity index (χ4v) is 5.91. The number of nitrogens with one attached hydrogen (secondary N) is 1. The highest BCUT2D eigenvalue weighted by molar-refractivity contribution is 7.07. The van der Waals surface area contributed by atoms with E-state index in [1.165, 1.54) is 11.3 Å². The SMILES string of the molecule is CCOc1ccc([C@H]2C(C(=O)Nc3ccccc3)=C(C)N=c3s/c(=C\c4cc(Cl)ccc4OC(C)C)c(=O)n32)cc1. The Morgan fingerprint density at radius 1 is 1.12 bits per heavy atom. The molecule has 7 nitrogen and oxygen atoms in total. The number of carbonyl (C=O) groups excluding carboxylic acids is 1. The van der Waals surface area contributed by atoms with Gasteiger partial charge < -0.3 is 14.8 Å². The third-order valence-corrected chi connectivity index (χ3v) is 7.64. The van der Waals surface area contributed by atoms with Crippen molar-refractivity contribution in [1.82, 2.24) is 4.57 Å². The zero-order valence-electron chi connectivity index (χ0n) is 23.2. The molecule has 1 amide bonds. The Labute approximate surface area is 247 Å². The highest BCUT2D eigenvalue weighted by atomic mass is 35.5. The third-order valence-electron chi connectivity index (χ3n) is 6.43. The predicted molar refractivity (Wildman–Crippen MR) is 164 cm³/mol. The van der Waals surface area contributed by atoms with E-state index in [1.807, 2.05) is 75.4 Å². The van der Waals surface area contributed by atoms with Gasteiger partial charge >= 0.3 is 0 Å². The van der Waals surface area contributed by atoms with Crippen molar-refractivity contribution >= 4 is 40.6 Å². The molecule has 1 N–H and O–H groups in total. The first-order valence-corrected chi connectivity index (χ1v) is 14.5. The van der Waals surface area contributed by atoms with Gasteiger partial charge in [-0.05, 0) is 81.8 Å². The lowest BCUT2D eigenvalue weighted by Gasteiger charge is -2.25. The number of hydrogen-bond donors (Lipinski definition) is 1. The third kappa shape index (κ3) is 6.14. The van der Waals surface area contributed by atoms with Crippen LogP contribution < -0.4 is 29.7 Å². The lowest BCUT2D eigenvalue weighted by molar-refractivity contribution is -0.113. The number of rotatable bonds is 8. The molecular formula is C32H30ClN3O4S. The molecule has 0 unspecified atom stereocenters. The van der Waals surface area contributed by atoms with E-state index in [-0.39, 0.29) is 17.6 Å². The molecule has 4 aromatic rings. The Morgan fingerprint density at radius 2 is 1.85 bits per heavy atom. The summed E-state index contributed by atoms with van der Waals surface area (Å²) in [5, 5.41) is 3.50. The van der Waals surface area contributed by atoms with E-state index in [9.17, 15) is 9.59 Å². The number of fused-ring (bicyclic) bond motifs is 1. The molecule has 1 aliphatic rings. The second-order valence-corrected chi connectivity index (χ2v) is 11.2. The van der Waals surface area contributed by atoms with Crippen molar-refractivity contribution in [3.63, 3.8) is 0 Å². The van der Waals surface area contributed by atoms with E-state index < -0.39 is 6.04 Å². The molecule has 0 aliphatic carbocycles. The normalized spacial score (nSPS) is 15.0. The Morgan fingerprint density at radius 3 is 2.54 bits per heavy atom. The average molecular weight is 588 g/mol. The van der Waals surface area contributed by atoms with E-state index in [0.717, 1.165) is 5.56 Å². The highest BCUT2D eigenvalue weighted by Gasteiger charge is 2.32. The maximum absolute atomic E-state index is 14.1. The van der Waals surface area contributed by atoms with Crippen LogP contribution in [0.1, 0.15) is 44.9 Å². The number of benzene rings is 3. The van der Waals surface area contributed by atoms with E-state index in [1.54, 1.807) is 35.8 Å². The maximum atomic E-state index is 14.1. The lowest BCUT2D eigenvalue weighted by atomic mass is 9.95. The van der Waals surface area contributed by atoms with Gasteiger partial charge in [0, 0.05) is 16.3 Å². The van der Waals surface area contributed by atoms with Gasteiger partial charge in [0.2, 0.25) is 0 Å². The van der Waals surface area contributed by atoms with Crippen molar-refractivity contribution in [2.45, 2.75) is 39.8 Å². The van der Waals surface area contributed by atoms with Gasteiger partial charge in [-0.2, -0.15) is 0 Å². The summed E-state index contributed by atoms with van der Waals surface area (Å²) < 4.78 is 13.6. The largest absolute Gasteiger partial charge is 0.494 e. The molecule has 5 rings (SSSR count). The fraction of sp³-hybridized carbons (Fsp3) is 0.219. The summed E-state index contributed by atoms with van der Waals surface area (Å²) >= 11 is 7.56. The zero-order valence-corrected chi connectivity index (χ0v) is 24.8. The van der Waals surface area contributed by atoms with E-state index in [0.29, 0.717) is 55.0 Å². The highest BCUT2D eigenvalue weighted by Crippen LogP contribution is 2.32. The Kier molecular flexibility index (Phi) is 8.42. The topological polar surface area (TPSA) is 81.9 Å². The minimum atomic E-state index is -0.696. The van der Waals surface area contributed by atoms with Crippen LogP contribution in [0.25, 0.3) is 6.08 Å². The van der Waals surface area contributed by atoms with Crippen LogP contribution in [0.2, 0.25) is 5.02 Å². The van der Waals surface area contributed by atoms with Gasteiger partial charge in [0.1, 0.15) is 11.5 Å². The molecule has 0 spiro atoms. The molecule has 9 heteroatoms. The number of para-hydroxylation sites is 1. The molecule has 0 saturated heterocycles. The molecule has 0 saturated carbocycles. The smallest absolute Gasteiger partial charge is 0.271 e. The molecule has 1 atom stereocenters. The molecule has 1 aromatic heterocycles. The number of halogens is 1. The zero-order chi connectivity index (χ0) is 29.1. The van der Waals surface area contributed by atoms with Gasteiger partial charge in [-0.1, -0.05) is 53.3 Å². The predicted octanol–water partition coefficient (Wildman–Crippen LogP) is 5.71. The first-order valence-electron chi connectivity index (χ1n) is 13.3. The number of allylic oxidation sites excluding steroid dienone is 1. The molecule has 0 radical (unpaired) electrons. The summed E-state index contributed by atoms with van der Waals surface area (Å²) in [6.45, 7) is 8.12. The van der Waals surface area contributed by atoms with Gasteiger partial charge in [0.05, 0.1) is 34.6 Å². The van der Waals surface area contributed by atoms with Crippen LogP contribution >= 0.6 is 22.9 Å². The lowest BCUT2D eigenvalue weighted by Crippen LogP contribution is -2.40. The quantitative estimate of drug-likeness (QED) is 0.286. The van der Waals surface area contributed by atoms with Crippen LogP contribution in [0.4, 0.5) is 5.69 Å². The number of thiazole rings is 1. The van der Waals surface area contributed by atoms with Crippen molar-refractivity contribution in [2.24, 2.45) is 4.99 Å². The number of nitrogens with zero attached hydrogens (tertiary/aromatic N) is 2. The molecule has 41 heavy (non-hydrogen) atoms. The number of ether oxygens (including phenoxy) is 2. The van der Waals surface area contributed by atoms with Crippen LogP contribution in [-0.4, -0.2) is 23.2 Å². The maximum Gasteiger partial charge on any atom is 0.271 e. The van der Waals surface area contributed by atoms with E-state index in [2.05, 4.69) is 5.32 Å². The first kappa shape index (κ1) is 28.4. The molecule has 0 bridgehead atoms. The first-order chi connectivity index (χ1) is 19.7. The Hall–Kier alpha value is -4.14. The van der Waals surface area contributed by atoms with Crippen LogP contribution in [0.15, 0.2) is 93.9 Å². The summed E-state index contributed by atoms with van der Waals surface area (Å²) in [5.41, 5.74) is 2.77. The molecule has 210 valence electrons. The van der Waals surface area contributed by atoms with Crippen LogP contribution in [0, 0.1) is 0 Å². The van der Waals surface area contributed by atoms with Gasteiger partial charge in [-0.3, -0.25) is 14.2 Å². The van der Waals surface area contributed by atoms with Crippen LogP contribution in [-0.2, 0) is 4.79 Å². The van der Waals surface area contributed by atoms with Gasteiger partial charge in [0.25, 0.3) is 11.5 Å².